The minimum absolute atomic E-state index is 0.300. The lowest BCUT2D eigenvalue weighted by Gasteiger charge is -1.77. The Morgan fingerprint density at radius 1 is 1.50 bits per heavy atom. The first-order valence-corrected chi connectivity index (χ1v) is 3.01. The van der Waals surface area contributed by atoms with Crippen LogP contribution in [0.1, 0.15) is 0 Å². The van der Waals surface area contributed by atoms with E-state index in [4.69, 9.17) is 0 Å². The third-order valence-corrected chi connectivity index (χ3v) is 1.07. The van der Waals surface area contributed by atoms with Crippen molar-refractivity contribution in [2.45, 2.75) is 0 Å². The number of amidine groups is 1. The molecule has 0 saturated carbocycles. The van der Waals surface area contributed by atoms with E-state index >= 15 is 0 Å². The van der Waals surface area contributed by atoms with E-state index in [0.717, 1.165) is 0 Å². The number of thiol groups is 1. The van der Waals surface area contributed by atoms with Crippen LogP contribution in [0.25, 0.3) is 0 Å². The zero-order valence-corrected chi connectivity index (χ0v) is 5.62. The first kappa shape index (κ1) is 5.84. The molecule has 0 saturated heterocycles. The SMILES string of the molecule is S=C1N=NC(CS)=N1. The fraction of sp³-hybridized carbons (Fsp3) is 0.333. The van der Waals surface area contributed by atoms with Crippen LogP contribution < -0.4 is 0 Å². The molecule has 8 heavy (non-hydrogen) atoms. The number of thiocarbonyl (C=S) groups is 1. The predicted molar refractivity (Wildman–Crippen MR) is 38.7 cm³/mol. The van der Waals surface area contributed by atoms with Gasteiger partial charge in [-0.3, -0.25) is 0 Å². The predicted octanol–water partition coefficient (Wildman–Crippen LogP) is 1.07. The van der Waals surface area contributed by atoms with Gasteiger partial charge >= 0.3 is 0 Å². The van der Waals surface area contributed by atoms with Crippen LogP contribution in [0.3, 0.4) is 0 Å². The zero-order valence-electron chi connectivity index (χ0n) is 3.90. The summed E-state index contributed by atoms with van der Waals surface area (Å²) < 4.78 is 0. The van der Waals surface area contributed by atoms with Crippen LogP contribution >= 0.6 is 24.8 Å². The van der Waals surface area contributed by atoms with Crippen molar-refractivity contribution in [1.82, 2.24) is 0 Å². The number of aliphatic imine (C=N–C) groups is 1. The summed E-state index contributed by atoms with van der Waals surface area (Å²) in [5.74, 6) is 1.10. The van der Waals surface area contributed by atoms with Crippen molar-refractivity contribution in [2.24, 2.45) is 15.2 Å². The van der Waals surface area contributed by atoms with Crippen molar-refractivity contribution < 1.29 is 0 Å². The molecule has 1 rings (SSSR count). The molecule has 1 aliphatic rings. The molecule has 42 valence electrons. The topological polar surface area (TPSA) is 37.1 Å². The summed E-state index contributed by atoms with van der Waals surface area (Å²) in [5.41, 5.74) is 0. The van der Waals surface area contributed by atoms with Gasteiger partial charge in [-0.15, -0.1) is 10.2 Å². The highest BCUT2D eigenvalue weighted by molar-refractivity contribution is 7.81. The van der Waals surface area contributed by atoms with Crippen LogP contribution in [0.15, 0.2) is 15.2 Å². The van der Waals surface area contributed by atoms with Crippen LogP contribution in [0.5, 0.6) is 0 Å². The van der Waals surface area contributed by atoms with Gasteiger partial charge in [0.25, 0.3) is 0 Å². The minimum atomic E-state index is 0.300. The molecule has 0 fully saturated rings. The number of azo groups is 1. The molecule has 0 bridgehead atoms. The van der Waals surface area contributed by atoms with Gasteiger partial charge in [-0.1, -0.05) is 0 Å². The number of hydrogen-bond acceptors (Lipinski definition) is 3. The molecule has 0 aromatic rings. The Hall–Kier alpha value is -0.290. The zero-order chi connectivity index (χ0) is 5.98. The fourth-order valence-corrected chi connectivity index (χ4v) is 0.603. The second kappa shape index (κ2) is 2.32. The van der Waals surface area contributed by atoms with Gasteiger partial charge < -0.3 is 0 Å². The smallest absolute Gasteiger partial charge is 0.199 e. The van der Waals surface area contributed by atoms with Crippen LogP contribution in [0, 0.1) is 0 Å². The third-order valence-electron chi connectivity index (χ3n) is 0.617. The molecule has 0 radical (unpaired) electrons. The number of nitrogens with zero attached hydrogens (tertiary/aromatic N) is 3. The van der Waals surface area contributed by atoms with Gasteiger partial charge in [0.2, 0.25) is 5.11 Å². The summed E-state index contributed by atoms with van der Waals surface area (Å²) in [6.07, 6.45) is 0. The lowest BCUT2D eigenvalue weighted by Crippen LogP contribution is -1.89. The van der Waals surface area contributed by atoms with Crippen molar-refractivity contribution in [1.29, 1.82) is 0 Å². The van der Waals surface area contributed by atoms with Gasteiger partial charge in [0.1, 0.15) is 0 Å². The molecule has 0 aromatic carbocycles. The summed E-state index contributed by atoms with van der Waals surface area (Å²) in [5, 5.41) is 7.38. The number of rotatable bonds is 1. The van der Waals surface area contributed by atoms with Crippen LogP contribution in [0.4, 0.5) is 0 Å². The highest BCUT2D eigenvalue weighted by Crippen LogP contribution is 1.99. The first-order valence-electron chi connectivity index (χ1n) is 1.97. The molecule has 0 N–H and O–H groups in total. The van der Waals surface area contributed by atoms with E-state index in [2.05, 4.69) is 40.1 Å². The Morgan fingerprint density at radius 2 is 2.25 bits per heavy atom. The van der Waals surface area contributed by atoms with E-state index in [9.17, 15) is 0 Å². The van der Waals surface area contributed by atoms with Crippen LogP contribution in [0.2, 0.25) is 0 Å². The van der Waals surface area contributed by atoms with E-state index in [1.54, 1.807) is 0 Å². The van der Waals surface area contributed by atoms with Gasteiger partial charge in [0.05, 0.1) is 5.75 Å². The van der Waals surface area contributed by atoms with E-state index in [1.165, 1.54) is 0 Å². The Kier molecular flexibility index (Phi) is 1.69. The highest BCUT2D eigenvalue weighted by atomic mass is 32.1. The van der Waals surface area contributed by atoms with Crippen molar-refractivity contribution >= 4 is 35.8 Å². The average Bonchev–Trinajstić information content (AvgIpc) is 2.14. The van der Waals surface area contributed by atoms with Gasteiger partial charge in [0, 0.05) is 0 Å². The number of hydrogen-bond donors (Lipinski definition) is 1. The Balaban J connectivity index is 2.72. The Bertz CT molecular complexity index is 171. The summed E-state index contributed by atoms with van der Waals surface area (Å²) in [7, 11) is 0. The fourth-order valence-electron chi connectivity index (χ4n) is 0.323. The Morgan fingerprint density at radius 3 is 2.50 bits per heavy atom. The van der Waals surface area contributed by atoms with Crippen molar-refractivity contribution in [3.63, 3.8) is 0 Å². The molecule has 0 amide bonds. The molecule has 0 unspecified atom stereocenters. The third kappa shape index (κ3) is 1.10. The van der Waals surface area contributed by atoms with E-state index in [0.29, 0.717) is 16.7 Å². The van der Waals surface area contributed by atoms with Crippen molar-refractivity contribution in [3.05, 3.63) is 0 Å². The monoisotopic (exact) mass is 145 g/mol. The standard InChI is InChI=1S/C3H3N3S2/c7-1-2-4-3(8)6-5-2/h7H,1H2. The largest absolute Gasteiger partial charge is 0.241 e. The molecular formula is C3H3N3S2. The maximum Gasteiger partial charge on any atom is 0.241 e. The summed E-state index contributed by atoms with van der Waals surface area (Å²) in [6.45, 7) is 0. The van der Waals surface area contributed by atoms with Gasteiger partial charge in [-0.25, -0.2) is 0 Å². The average molecular weight is 145 g/mol. The lowest BCUT2D eigenvalue weighted by atomic mass is 10.7. The highest BCUT2D eigenvalue weighted by Gasteiger charge is 2.02. The molecule has 0 aliphatic carbocycles. The summed E-state index contributed by atoms with van der Waals surface area (Å²) in [4.78, 5) is 3.75. The van der Waals surface area contributed by atoms with Crippen molar-refractivity contribution in [2.75, 3.05) is 5.75 Å². The first-order chi connectivity index (χ1) is 3.83. The van der Waals surface area contributed by atoms with E-state index in [-0.39, 0.29) is 0 Å². The molecule has 1 aliphatic heterocycles. The summed E-state index contributed by atoms with van der Waals surface area (Å²) >= 11 is 8.49. The lowest BCUT2D eigenvalue weighted by molar-refractivity contribution is 1.40. The molecular weight excluding hydrogens is 142 g/mol. The van der Waals surface area contributed by atoms with Gasteiger partial charge in [-0.05, 0) is 12.2 Å². The molecule has 0 aromatic heterocycles. The van der Waals surface area contributed by atoms with E-state index < -0.39 is 0 Å². The molecule has 0 spiro atoms. The van der Waals surface area contributed by atoms with Gasteiger partial charge in [-0.2, -0.15) is 17.6 Å². The molecule has 5 heteroatoms. The van der Waals surface area contributed by atoms with Crippen LogP contribution in [-0.4, -0.2) is 16.7 Å². The van der Waals surface area contributed by atoms with Crippen LogP contribution in [-0.2, 0) is 0 Å². The van der Waals surface area contributed by atoms with Gasteiger partial charge in [0.15, 0.2) is 5.84 Å². The maximum absolute atomic E-state index is 4.58. The molecule has 0 atom stereocenters. The quantitative estimate of drug-likeness (QED) is 0.435. The Labute approximate surface area is 57.3 Å². The minimum Gasteiger partial charge on any atom is -0.199 e. The van der Waals surface area contributed by atoms with Crippen molar-refractivity contribution in [3.8, 4) is 0 Å². The molecule has 3 nitrogen and oxygen atoms in total. The van der Waals surface area contributed by atoms with E-state index in [1.807, 2.05) is 0 Å². The summed E-state index contributed by atoms with van der Waals surface area (Å²) in [6, 6.07) is 0. The maximum atomic E-state index is 4.58. The second-order valence-corrected chi connectivity index (χ2v) is 1.85. The second-order valence-electron chi connectivity index (χ2n) is 1.17. The molecule has 1 heterocycles. The normalized spacial score (nSPS) is 17.1.